The molecular formula is C17H20BrNS. The maximum atomic E-state index is 5.93. The molecule has 0 aliphatic heterocycles. The minimum Gasteiger partial charge on any atom is -0.324 e. The number of hydrogen-bond acceptors (Lipinski definition) is 2. The standard InChI is InChI=1S/C17H20BrNS/c1-11-6-12(2)8-14(7-11)10-20-15-4-5-16(13(3)19)17(18)9-15/h4-9,13H,10,19H2,1-3H3/t13-/m1/s1. The normalized spacial score (nSPS) is 12.4. The lowest BCUT2D eigenvalue weighted by Gasteiger charge is -2.10. The van der Waals surface area contributed by atoms with E-state index in [1.165, 1.54) is 21.6 Å². The van der Waals surface area contributed by atoms with E-state index in [9.17, 15) is 0 Å². The number of hydrogen-bond donors (Lipinski definition) is 1. The van der Waals surface area contributed by atoms with Gasteiger partial charge >= 0.3 is 0 Å². The first-order valence-corrected chi connectivity index (χ1v) is 8.48. The molecule has 0 bridgehead atoms. The zero-order chi connectivity index (χ0) is 14.7. The topological polar surface area (TPSA) is 26.0 Å². The fourth-order valence-corrected chi connectivity index (χ4v) is 4.04. The average Bonchev–Trinajstić information content (AvgIpc) is 2.35. The molecular weight excluding hydrogens is 330 g/mol. The van der Waals surface area contributed by atoms with Crippen molar-refractivity contribution in [1.29, 1.82) is 0 Å². The molecule has 1 nitrogen and oxygen atoms in total. The third-order valence-corrected chi connectivity index (χ3v) is 4.90. The minimum atomic E-state index is 0.0582. The summed E-state index contributed by atoms with van der Waals surface area (Å²) < 4.78 is 1.10. The molecule has 0 aliphatic rings. The van der Waals surface area contributed by atoms with Crippen LogP contribution in [-0.4, -0.2) is 0 Å². The molecule has 0 unspecified atom stereocenters. The molecule has 2 aromatic rings. The Balaban J connectivity index is 2.09. The van der Waals surface area contributed by atoms with E-state index in [1.54, 1.807) is 0 Å². The molecule has 0 radical (unpaired) electrons. The highest BCUT2D eigenvalue weighted by Gasteiger charge is 2.06. The molecule has 1 atom stereocenters. The second-order valence-electron chi connectivity index (χ2n) is 5.26. The van der Waals surface area contributed by atoms with Crippen molar-refractivity contribution < 1.29 is 0 Å². The predicted octanol–water partition coefficient (Wildman–Crippen LogP) is 5.38. The summed E-state index contributed by atoms with van der Waals surface area (Å²) in [5.41, 5.74) is 11.1. The third kappa shape index (κ3) is 4.11. The summed E-state index contributed by atoms with van der Waals surface area (Å²) in [5, 5.41) is 0. The minimum absolute atomic E-state index is 0.0582. The Hall–Kier alpha value is -0.770. The van der Waals surface area contributed by atoms with E-state index in [0.717, 1.165) is 15.8 Å². The van der Waals surface area contributed by atoms with Crippen LogP contribution in [0, 0.1) is 13.8 Å². The summed E-state index contributed by atoms with van der Waals surface area (Å²) >= 11 is 5.46. The number of halogens is 1. The summed E-state index contributed by atoms with van der Waals surface area (Å²) in [6.45, 7) is 6.30. The zero-order valence-electron chi connectivity index (χ0n) is 12.1. The number of thioether (sulfide) groups is 1. The molecule has 0 saturated heterocycles. The zero-order valence-corrected chi connectivity index (χ0v) is 14.5. The Morgan fingerprint density at radius 3 is 2.30 bits per heavy atom. The van der Waals surface area contributed by atoms with E-state index in [2.05, 4.69) is 66.2 Å². The van der Waals surface area contributed by atoms with E-state index in [4.69, 9.17) is 5.73 Å². The molecule has 0 fully saturated rings. The van der Waals surface area contributed by atoms with Crippen molar-refractivity contribution in [3.8, 4) is 0 Å². The van der Waals surface area contributed by atoms with Crippen LogP contribution in [0.25, 0.3) is 0 Å². The highest BCUT2D eigenvalue weighted by atomic mass is 79.9. The highest BCUT2D eigenvalue weighted by molar-refractivity contribution is 9.10. The van der Waals surface area contributed by atoms with Crippen molar-refractivity contribution in [2.24, 2.45) is 5.73 Å². The third-order valence-electron chi connectivity index (χ3n) is 3.15. The SMILES string of the molecule is Cc1cc(C)cc(CSc2ccc([C@@H](C)N)c(Br)c2)c1. The first kappa shape index (κ1) is 15.6. The highest BCUT2D eigenvalue weighted by Crippen LogP contribution is 2.30. The molecule has 0 aromatic heterocycles. The van der Waals surface area contributed by atoms with E-state index < -0.39 is 0 Å². The molecule has 0 saturated carbocycles. The van der Waals surface area contributed by atoms with Gasteiger partial charge in [0.15, 0.2) is 0 Å². The number of benzene rings is 2. The van der Waals surface area contributed by atoms with Crippen LogP contribution in [0.3, 0.4) is 0 Å². The van der Waals surface area contributed by atoms with Crippen LogP contribution < -0.4 is 5.73 Å². The van der Waals surface area contributed by atoms with Crippen LogP contribution in [-0.2, 0) is 5.75 Å². The van der Waals surface area contributed by atoms with Crippen molar-refractivity contribution in [1.82, 2.24) is 0 Å². The van der Waals surface area contributed by atoms with Gasteiger partial charge in [0, 0.05) is 21.2 Å². The van der Waals surface area contributed by atoms with E-state index in [0.29, 0.717) is 0 Å². The lowest BCUT2D eigenvalue weighted by atomic mass is 10.1. The first-order chi connectivity index (χ1) is 9.45. The van der Waals surface area contributed by atoms with Crippen molar-refractivity contribution in [2.75, 3.05) is 0 Å². The Morgan fingerprint density at radius 2 is 1.75 bits per heavy atom. The summed E-state index contributed by atoms with van der Waals surface area (Å²) in [6.07, 6.45) is 0. The molecule has 20 heavy (non-hydrogen) atoms. The van der Waals surface area contributed by atoms with Crippen molar-refractivity contribution >= 4 is 27.7 Å². The van der Waals surface area contributed by atoms with Crippen molar-refractivity contribution in [3.63, 3.8) is 0 Å². The molecule has 2 aromatic carbocycles. The van der Waals surface area contributed by atoms with Gasteiger partial charge in [-0.25, -0.2) is 0 Å². The van der Waals surface area contributed by atoms with Crippen LogP contribution in [0.15, 0.2) is 45.8 Å². The van der Waals surface area contributed by atoms with E-state index >= 15 is 0 Å². The van der Waals surface area contributed by atoms with Crippen LogP contribution in [0.2, 0.25) is 0 Å². The van der Waals surface area contributed by atoms with Gasteiger partial charge in [-0.15, -0.1) is 11.8 Å². The molecule has 3 heteroatoms. The van der Waals surface area contributed by atoms with Gasteiger partial charge in [0.1, 0.15) is 0 Å². The lowest BCUT2D eigenvalue weighted by molar-refractivity contribution is 0.811. The maximum absolute atomic E-state index is 5.93. The van der Waals surface area contributed by atoms with Gasteiger partial charge in [0.2, 0.25) is 0 Å². The predicted molar refractivity (Wildman–Crippen MR) is 92.2 cm³/mol. The molecule has 0 aliphatic carbocycles. The fourth-order valence-electron chi connectivity index (χ4n) is 2.29. The van der Waals surface area contributed by atoms with Gasteiger partial charge in [0.05, 0.1) is 0 Å². The number of rotatable bonds is 4. The van der Waals surface area contributed by atoms with Crippen LogP contribution in [0.1, 0.15) is 35.2 Å². The van der Waals surface area contributed by atoms with Crippen LogP contribution >= 0.6 is 27.7 Å². The molecule has 0 amide bonds. The van der Waals surface area contributed by atoms with Gasteiger partial charge in [-0.2, -0.15) is 0 Å². The van der Waals surface area contributed by atoms with Crippen molar-refractivity contribution in [2.45, 2.75) is 37.5 Å². The Kier molecular flexibility index (Phi) is 5.30. The summed E-state index contributed by atoms with van der Waals surface area (Å²) in [6, 6.07) is 13.2. The van der Waals surface area contributed by atoms with Crippen LogP contribution in [0.5, 0.6) is 0 Å². The van der Waals surface area contributed by atoms with Gasteiger partial charge in [-0.05, 0) is 44.0 Å². The fraction of sp³-hybridized carbons (Fsp3) is 0.294. The molecule has 2 rings (SSSR count). The van der Waals surface area contributed by atoms with Gasteiger partial charge < -0.3 is 5.73 Å². The largest absolute Gasteiger partial charge is 0.324 e. The smallest absolute Gasteiger partial charge is 0.0277 e. The number of aryl methyl sites for hydroxylation is 2. The van der Waals surface area contributed by atoms with E-state index in [1.807, 2.05) is 18.7 Å². The van der Waals surface area contributed by atoms with E-state index in [-0.39, 0.29) is 6.04 Å². The van der Waals surface area contributed by atoms with Gasteiger partial charge in [-0.3, -0.25) is 0 Å². The summed E-state index contributed by atoms with van der Waals surface area (Å²) in [7, 11) is 0. The quantitative estimate of drug-likeness (QED) is 0.750. The average molecular weight is 350 g/mol. The summed E-state index contributed by atoms with van der Waals surface area (Å²) in [4.78, 5) is 1.26. The maximum Gasteiger partial charge on any atom is 0.0277 e. The Morgan fingerprint density at radius 1 is 1.10 bits per heavy atom. The molecule has 0 spiro atoms. The Labute approximate surface area is 134 Å². The van der Waals surface area contributed by atoms with Gasteiger partial charge in [-0.1, -0.05) is 51.3 Å². The molecule has 106 valence electrons. The number of nitrogens with two attached hydrogens (primary N) is 1. The van der Waals surface area contributed by atoms with Crippen LogP contribution in [0.4, 0.5) is 0 Å². The molecule has 2 N–H and O–H groups in total. The lowest BCUT2D eigenvalue weighted by Crippen LogP contribution is -2.05. The monoisotopic (exact) mass is 349 g/mol. The van der Waals surface area contributed by atoms with Gasteiger partial charge in [0.25, 0.3) is 0 Å². The van der Waals surface area contributed by atoms with Crippen molar-refractivity contribution in [3.05, 3.63) is 63.1 Å². The molecule has 0 heterocycles. The summed E-state index contributed by atoms with van der Waals surface area (Å²) in [5.74, 6) is 0.993. The second-order valence-corrected chi connectivity index (χ2v) is 7.16. The Bertz CT molecular complexity index is 588. The first-order valence-electron chi connectivity index (χ1n) is 6.70. The second kappa shape index (κ2) is 6.79.